The van der Waals surface area contributed by atoms with Gasteiger partial charge in [0.15, 0.2) is 0 Å². The molecule has 0 saturated carbocycles. The summed E-state index contributed by atoms with van der Waals surface area (Å²) in [5, 5.41) is 17.2. The molecule has 2 N–H and O–H groups in total. The molecule has 0 heterocycles. The average Bonchev–Trinajstić information content (AvgIpc) is 2.59. The van der Waals surface area contributed by atoms with Crippen molar-refractivity contribution in [1.82, 2.24) is 10.6 Å². The van der Waals surface area contributed by atoms with Crippen LogP contribution in [0.25, 0.3) is 0 Å². The Morgan fingerprint density at radius 1 is 0.964 bits per heavy atom. The van der Waals surface area contributed by atoms with Gasteiger partial charge in [0.2, 0.25) is 5.91 Å². The predicted molar refractivity (Wildman–Crippen MR) is 110 cm³/mol. The predicted octanol–water partition coefficient (Wildman–Crippen LogP) is 0.192. The first kappa shape index (κ1) is 29.8. The zero-order valence-electron chi connectivity index (χ0n) is 18.9. The van der Waals surface area contributed by atoms with Crippen LogP contribution >= 0.6 is 0 Å². The van der Waals surface area contributed by atoms with Crippen LogP contribution in [-0.4, -0.2) is 30.5 Å². The van der Waals surface area contributed by atoms with Gasteiger partial charge in [0.1, 0.15) is 0 Å². The van der Waals surface area contributed by atoms with Crippen molar-refractivity contribution in [3.05, 3.63) is 12.7 Å². The summed E-state index contributed by atoms with van der Waals surface area (Å²) < 4.78 is 0. The second kappa shape index (κ2) is 18.7. The Bertz CT molecular complexity index is 428. The molecule has 28 heavy (non-hydrogen) atoms. The van der Waals surface area contributed by atoms with E-state index in [1.807, 2.05) is 6.08 Å². The molecule has 0 aliphatic heterocycles. The Hall–Kier alpha value is -0.360. The number of carbonyl (C=O) groups is 2. The van der Waals surface area contributed by atoms with Crippen LogP contribution in [0.5, 0.6) is 0 Å². The van der Waals surface area contributed by atoms with E-state index in [1.165, 1.54) is 32.1 Å². The van der Waals surface area contributed by atoms with E-state index in [0.29, 0.717) is 12.3 Å². The molecule has 0 aromatic heterocycles. The smallest absolute Gasteiger partial charge is 0.548 e. The van der Waals surface area contributed by atoms with Crippen molar-refractivity contribution in [2.45, 2.75) is 97.6 Å². The zero-order chi connectivity index (χ0) is 20.7. The molecule has 0 aromatic rings. The van der Waals surface area contributed by atoms with Crippen molar-refractivity contribution in [2.75, 3.05) is 6.54 Å². The molecule has 5 nitrogen and oxygen atoms in total. The molecule has 0 unspecified atom stereocenters. The van der Waals surface area contributed by atoms with E-state index in [2.05, 4.69) is 31.1 Å². The second-order valence-electron chi connectivity index (χ2n) is 8.24. The summed E-state index contributed by atoms with van der Waals surface area (Å²) in [7, 11) is 0. The largest absolute Gasteiger partial charge is 1.00 e. The van der Waals surface area contributed by atoms with Crippen molar-refractivity contribution in [1.29, 1.82) is 0 Å². The number of amides is 1. The first-order chi connectivity index (χ1) is 12.8. The number of carbonyl (C=O) groups excluding carboxylic acids is 2. The van der Waals surface area contributed by atoms with E-state index < -0.39 is 12.0 Å². The Morgan fingerprint density at radius 2 is 1.50 bits per heavy atom. The van der Waals surface area contributed by atoms with Gasteiger partial charge < -0.3 is 20.5 Å². The monoisotopic (exact) mass is 404 g/mol. The fraction of sp³-hybridized carbons (Fsp3) is 0.818. The summed E-state index contributed by atoms with van der Waals surface area (Å²) in [6.07, 6.45) is 12.2. The average molecular weight is 405 g/mol. The maximum absolute atomic E-state index is 12.5. The van der Waals surface area contributed by atoms with Gasteiger partial charge in [0.05, 0.1) is 18.1 Å². The minimum atomic E-state index is -1.23. The van der Waals surface area contributed by atoms with Crippen molar-refractivity contribution in [3.63, 3.8) is 0 Å². The van der Waals surface area contributed by atoms with Crippen LogP contribution in [0.1, 0.15) is 85.5 Å². The number of carboxylic acids is 1. The number of allylic oxidation sites excluding steroid dienone is 1. The molecule has 0 rings (SSSR count). The van der Waals surface area contributed by atoms with Gasteiger partial charge in [0.25, 0.3) is 0 Å². The Morgan fingerprint density at radius 3 is 1.96 bits per heavy atom. The van der Waals surface area contributed by atoms with Gasteiger partial charge in [-0.1, -0.05) is 65.9 Å². The first-order valence-corrected chi connectivity index (χ1v) is 10.6. The topological polar surface area (TPSA) is 81.3 Å². The van der Waals surface area contributed by atoms with Crippen LogP contribution in [0.15, 0.2) is 12.7 Å². The Labute approximate surface area is 194 Å². The van der Waals surface area contributed by atoms with E-state index in [4.69, 9.17) is 0 Å². The minimum absolute atomic E-state index is 0. The Kier molecular flexibility index (Phi) is 19.9. The van der Waals surface area contributed by atoms with Gasteiger partial charge in [-0.3, -0.25) is 4.79 Å². The molecule has 0 aromatic carbocycles. The number of hydrogen-bond acceptors (Lipinski definition) is 4. The van der Waals surface area contributed by atoms with Gasteiger partial charge in [-0.25, -0.2) is 0 Å². The van der Waals surface area contributed by atoms with Crippen molar-refractivity contribution in [2.24, 2.45) is 11.8 Å². The molecular weight excluding hydrogens is 363 g/mol. The summed E-state index contributed by atoms with van der Waals surface area (Å²) >= 11 is 0. The number of nitrogens with one attached hydrogen (secondary N) is 2. The number of hydrogen-bond donors (Lipinski definition) is 2. The van der Waals surface area contributed by atoms with E-state index in [-0.39, 0.29) is 47.4 Å². The van der Waals surface area contributed by atoms with Gasteiger partial charge in [-0.2, -0.15) is 0 Å². The number of aliphatic carboxylic acids is 1. The van der Waals surface area contributed by atoms with Crippen LogP contribution < -0.4 is 45.3 Å². The first-order valence-electron chi connectivity index (χ1n) is 10.6. The molecule has 158 valence electrons. The maximum Gasteiger partial charge on any atom is 1.00 e. The quantitative estimate of drug-likeness (QED) is 0.206. The molecule has 0 aliphatic rings. The third-order valence-electron chi connectivity index (χ3n) is 4.72. The van der Waals surface area contributed by atoms with Gasteiger partial charge in [-0.05, 0) is 44.1 Å². The van der Waals surface area contributed by atoms with E-state index >= 15 is 0 Å². The molecule has 0 radical (unpaired) electrons. The minimum Gasteiger partial charge on any atom is -0.548 e. The van der Waals surface area contributed by atoms with Crippen LogP contribution in [-0.2, 0) is 9.59 Å². The maximum atomic E-state index is 12.5. The van der Waals surface area contributed by atoms with Crippen molar-refractivity contribution in [3.8, 4) is 0 Å². The van der Waals surface area contributed by atoms with E-state index in [9.17, 15) is 14.7 Å². The fourth-order valence-corrected chi connectivity index (χ4v) is 3.08. The van der Waals surface area contributed by atoms with Gasteiger partial charge in [-0.15, -0.1) is 6.58 Å². The van der Waals surface area contributed by atoms with Crippen molar-refractivity contribution >= 4 is 11.9 Å². The summed E-state index contributed by atoms with van der Waals surface area (Å²) in [5.41, 5.74) is 0. The molecule has 0 fully saturated rings. The molecule has 6 heteroatoms. The number of rotatable bonds is 17. The summed E-state index contributed by atoms with van der Waals surface area (Å²) in [5.74, 6) is -1.32. The molecule has 0 aliphatic carbocycles. The van der Waals surface area contributed by atoms with Gasteiger partial charge >= 0.3 is 29.6 Å². The van der Waals surface area contributed by atoms with Crippen molar-refractivity contribution < 1.29 is 44.3 Å². The Balaban J connectivity index is 0. The molecule has 2 atom stereocenters. The molecular formula is C22H41N2NaO3. The fourth-order valence-electron chi connectivity index (χ4n) is 3.08. The molecule has 0 saturated heterocycles. The van der Waals surface area contributed by atoms with Gasteiger partial charge in [0, 0.05) is 0 Å². The van der Waals surface area contributed by atoms with Crippen LogP contribution in [0.2, 0.25) is 0 Å². The zero-order valence-corrected chi connectivity index (χ0v) is 20.9. The molecule has 0 bridgehead atoms. The van der Waals surface area contributed by atoms with E-state index in [0.717, 1.165) is 25.8 Å². The summed E-state index contributed by atoms with van der Waals surface area (Å²) in [6.45, 7) is 12.2. The third kappa shape index (κ3) is 15.5. The van der Waals surface area contributed by atoms with Crippen LogP contribution in [0.4, 0.5) is 0 Å². The second-order valence-corrected chi connectivity index (χ2v) is 8.24. The van der Waals surface area contributed by atoms with Crippen LogP contribution in [0, 0.1) is 11.8 Å². The standard InChI is InChI=1S/C22H42N2O3.Na/c1-6-7-8-9-10-11-12-13-14-15-23-19(16-17(2)3)21(25)24-20(18(4)5)22(26)27;/h6,17-20,23H,1,7-16H2,2-5H3,(H,24,25)(H,26,27);/q;+1/p-1/t19-,20-;/m1./s1. The number of unbranched alkanes of at least 4 members (excludes halogenated alkanes) is 7. The molecule has 1 amide bonds. The molecule has 0 spiro atoms. The SMILES string of the molecule is C=CCCCCCCCCCN[C@H](CC(C)C)C(=O)N[C@@H](C(=O)[O-])C(C)C.[Na+]. The summed E-state index contributed by atoms with van der Waals surface area (Å²) in [6, 6.07) is -1.31. The van der Waals surface area contributed by atoms with Crippen LogP contribution in [0.3, 0.4) is 0 Å². The van der Waals surface area contributed by atoms with E-state index in [1.54, 1.807) is 13.8 Å². The normalized spacial score (nSPS) is 13.1. The summed E-state index contributed by atoms with van der Waals surface area (Å²) in [4.78, 5) is 23.7. The number of carboxylic acid groups (broad SMARTS) is 1. The third-order valence-corrected chi connectivity index (χ3v) is 4.72.